The monoisotopic (exact) mass is 407 g/mol. The lowest BCUT2D eigenvalue weighted by Crippen LogP contribution is -2.38. The number of benzene rings is 2. The maximum atomic E-state index is 13.3. The second-order valence-electron chi connectivity index (χ2n) is 6.18. The Labute approximate surface area is 169 Å². The third-order valence-electron chi connectivity index (χ3n) is 4.12. The second kappa shape index (κ2) is 11.1. The molecule has 0 bridgehead atoms. The van der Waals surface area contributed by atoms with Crippen LogP contribution in [0.1, 0.15) is 18.1 Å². The summed E-state index contributed by atoms with van der Waals surface area (Å²) in [6.45, 7) is 3.49. The highest BCUT2D eigenvalue weighted by atomic mass is 19.1. The van der Waals surface area contributed by atoms with E-state index in [1.165, 1.54) is 12.1 Å². The molecular formula is C21H27F2N3O3. The quantitative estimate of drug-likeness (QED) is 0.493. The van der Waals surface area contributed by atoms with Crippen LogP contribution in [0.3, 0.4) is 0 Å². The first kappa shape index (κ1) is 22.3. The van der Waals surface area contributed by atoms with Crippen LogP contribution < -0.4 is 24.8 Å². The summed E-state index contributed by atoms with van der Waals surface area (Å²) in [6, 6.07) is 7.18. The van der Waals surface area contributed by atoms with Gasteiger partial charge in [-0.2, -0.15) is 0 Å². The molecule has 158 valence electrons. The maximum absolute atomic E-state index is 13.3. The van der Waals surface area contributed by atoms with Crippen LogP contribution in [-0.4, -0.2) is 40.4 Å². The molecule has 0 fully saturated rings. The van der Waals surface area contributed by atoms with Gasteiger partial charge in [0.1, 0.15) is 11.6 Å². The average molecular weight is 407 g/mol. The third-order valence-corrected chi connectivity index (χ3v) is 4.12. The summed E-state index contributed by atoms with van der Waals surface area (Å²) >= 11 is 0. The number of halogens is 2. The fourth-order valence-electron chi connectivity index (χ4n) is 2.82. The maximum Gasteiger partial charge on any atom is 0.203 e. The van der Waals surface area contributed by atoms with Crippen LogP contribution >= 0.6 is 0 Å². The van der Waals surface area contributed by atoms with Crippen molar-refractivity contribution in [3.63, 3.8) is 0 Å². The molecule has 8 heteroatoms. The highest BCUT2D eigenvalue weighted by Gasteiger charge is 2.13. The predicted octanol–water partition coefficient (Wildman–Crippen LogP) is 3.29. The zero-order chi connectivity index (χ0) is 21.2. The standard InChI is InChI=1S/C21H27F2N3O3/c1-5-24-21(25-7-6-14-8-16(22)12-17(23)9-14)26-13-15-10-18(27-2)20(29-4)19(11-15)28-3/h8-12H,5-7,13H2,1-4H3,(H2,24,25,26). The number of guanidine groups is 1. The van der Waals surface area contributed by atoms with E-state index in [0.717, 1.165) is 11.6 Å². The van der Waals surface area contributed by atoms with Gasteiger partial charge in [-0.25, -0.2) is 13.8 Å². The molecule has 0 aliphatic carbocycles. The molecule has 2 aromatic carbocycles. The molecule has 0 spiro atoms. The van der Waals surface area contributed by atoms with E-state index in [2.05, 4.69) is 15.6 Å². The zero-order valence-corrected chi connectivity index (χ0v) is 17.1. The molecule has 0 heterocycles. The van der Waals surface area contributed by atoms with Crippen molar-refractivity contribution < 1.29 is 23.0 Å². The van der Waals surface area contributed by atoms with Crippen molar-refractivity contribution in [2.75, 3.05) is 34.4 Å². The Kier molecular flexibility index (Phi) is 8.51. The topological polar surface area (TPSA) is 64.1 Å². The second-order valence-corrected chi connectivity index (χ2v) is 6.18. The number of ether oxygens (including phenoxy) is 3. The van der Waals surface area contributed by atoms with Crippen molar-refractivity contribution in [2.24, 2.45) is 4.99 Å². The van der Waals surface area contributed by atoms with Gasteiger partial charge in [0.15, 0.2) is 17.5 Å². The van der Waals surface area contributed by atoms with Crippen LogP contribution in [0.15, 0.2) is 35.3 Å². The van der Waals surface area contributed by atoms with Gasteiger partial charge in [0.2, 0.25) is 5.75 Å². The zero-order valence-electron chi connectivity index (χ0n) is 17.1. The van der Waals surface area contributed by atoms with Crippen LogP contribution in [0.2, 0.25) is 0 Å². The Bertz CT molecular complexity index is 799. The van der Waals surface area contributed by atoms with Crippen LogP contribution in [0.4, 0.5) is 8.78 Å². The Balaban J connectivity index is 2.06. The summed E-state index contributed by atoms with van der Waals surface area (Å²) in [6.07, 6.45) is 0.462. The van der Waals surface area contributed by atoms with Gasteiger partial charge in [0.25, 0.3) is 0 Å². The van der Waals surface area contributed by atoms with E-state index in [0.29, 0.717) is 54.8 Å². The average Bonchev–Trinajstić information content (AvgIpc) is 2.70. The van der Waals surface area contributed by atoms with Crippen molar-refractivity contribution in [1.29, 1.82) is 0 Å². The van der Waals surface area contributed by atoms with Gasteiger partial charge in [-0.05, 0) is 48.7 Å². The third kappa shape index (κ3) is 6.51. The summed E-state index contributed by atoms with van der Waals surface area (Å²) in [4.78, 5) is 4.55. The summed E-state index contributed by atoms with van der Waals surface area (Å²) in [7, 11) is 4.67. The first-order chi connectivity index (χ1) is 14.0. The number of rotatable bonds is 9. The van der Waals surface area contributed by atoms with E-state index in [1.54, 1.807) is 21.3 Å². The molecule has 2 rings (SSSR count). The molecular weight excluding hydrogens is 380 g/mol. The minimum Gasteiger partial charge on any atom is -0.493 e. The molecule has 0 unspecified atom stereocenters. The lowest BCUT2D eigenvalue weighted by atomic mass is 10.1. The predicted molar refractivity (Wildman–Crippen MR) is 109 cm³/mol. The first-order valence-electron chi connectivity index (χ1n) is 9.26. The van der Waals surface area contributed by atoms with Crippen LogP contribution in [0, 0.1) is 11.6 Å². The smallest absolute Gasteiger partial charge is 0.203 e. The fourth-order valence-corrected chi connectivity index (χ4v) is 2.82. The Morgan fingerprint density at radius 2 is 1.48 bits per heavy atom. The van der Waals surface area contributed by atoms with Gasteiger partial charge >= 0.3 is 0 Å². The summed E-state index contributed by atoms with van der Waals surface area (Å²) < 4.78 is 42.6. The Hall–Kier alpha value is -3.03. The lowest BCUT2D eigenvalue weighted by Gasteiger charge is -2.14. The van der Waals surface area contributed by atoms with Crippen molar-refractivity contribution in [2.45, 2.75) is 19.9 Å². The largest absolute Gasteiger partial charge is 0.493 e. The van der Waals surface area contributed by atoms with Crippen molar-refractivity contribution >= 4 is 5.96 Å². The molecule has 0 atom stereocenters. The van der Waals surface area contributed by atoms with E-state index in [-0.39, 0.29) is 0 Å². The molecule has 2 aromatic rings. The van der Waals surface area contributed by atoms with E-state index >= 15 is 0 Å². The molecule has 29 heavy (non-hydrogen) atoms. The highest BCUT2D eigenvalue weighted by Crippen LogP contribution is 2.38. The van der Waals surface area contributed by atoms with Gasteiger partial charge in [-0.3, -0.25) is 0 Å². The number of hydrogen-bond acceptors (Lipinski definition) is 4. The number of methoxy groups -OCH3 is 3. The molecule has 0 saturated carbocycles. The van der Waals surface area contributed by atoms with E-state index in [1.807, 2.05) is 19.1 Å². The lowest BCUT2D eigenvalue weighted by molar-refractivity contribution is 0.324. The SMILES string of the molecule is CCNC(=NCc1cc(OC)c(OC)c(OC)c1)NCCc1cc(F)cc(F)c1. The number of aliphatic imine (C=N–C) groups is 1. The molecule has 0 aliphatic rings. The molecule has 2 N–H and O–H groups in total. The summed E-state index contributed by atoms with van der Waals surface area (Å²) in [5.41, 5.74) is 1.46. The van der Waals surface area contributed by atoms with E-state index in [9.17, 15) is 8.78 Å². The van der Waals surface area contributed by atoms with Crippen LogP contribution in [0.25, 0.3) is 0 Å². The molecule has 0 aliphatic heterocycles. The minimum atomic E-state index is -0.581. The molecule has 6 nitrogen and oxygen atoms in total. The number of nitrogens with zero attached hydrogens (tertiary/aromatic N) is 1. The molecule has 0 amide bonds. The van der Waals surface area contributed by atoms with E-state index in [4.69, 9.17) is 14.2 Å². The Morgan fingerprint density at radius 3 is 2.00 bits per heavy atom. The van der Waals surface area contributed by atoms with Crippen molar-refractivity contribution in [3.8, 4) is 17.2 Å². The van der Waals surface area contributed by atoms with Gasteiger partial charge in [-0.1, -0.05) is 0 Å². The highest BCUT2D eigenvalue weighted by molar-refractivity contribution is 5.79. The van der Waals surface area contributed by atoms with Crippen LogP contribution in [-0.2, 0) is 13.0 Å². The van der Waals surface area contributed by atoms with Gasteiger partial charge in [0, 0.05) is 19.2 Å². The summed E-state index contributed by atoms with van der Waals surface area (Å²) in [5, 5.41) is 6.31. The first-order valence-corrected chi connectivity index (χ1v) is 9.26. The van der Waals surface area contributed by atoms with Crippen molar-refractivity contribution in [3.05, 3.63) is 53.1 Å². The normalized spacial score (nSPS) is 11.2. The summed E-state index contributed by atoms with van der Waals surface area (Å²) in [5.74, 6) is 1.07. The van der Waals surface area contributed by atoms with Gasteiger partial charge in [0.05, 0.1) is 27.9 Å². The molecule has 0 radical (unpaired) electrons. The number of hydrogen-bond donors (Lipinski definition) is 2. The fraction of sp³-hybridized carbons (Fsp3) is 0.381. The Morgan fingerprint density at radius 1 is 0.862 bits per heavy atom. The van der Waals surface area contributed by atoms with Gasteiger partial charge < -0.3 is 24.8 Å². The van der Waals surface area contributed by atoms with Crippen molar-refractivity contribution in [1.82, 2.24) is 10.6 Å². The van der Waals surface area contributed by atoms with Crippen LogP contribution in [0.5, 0.6) is 17.2 Å². The van der Waals surface area contributed by atoms with E-state index < -0.39 is 11.6 Å². The molecule has 0 saturated heterocycles. The number of nitrogens with one attached hydrogen (secondary N) is 2. The minimum absolute atomic E-state index is 0.376. The van der Waals surface area contributed by atoms with Gasteiger partial charge in [-0.15, -0.1) is 0 Å². The molecule has 0 aromatic heterocycles.